The zero-order chi connectivity index (χ0) is 22.2. The Balaban J connectivity index is 1.88. The molecule has 0 unspecified atom stereocenters. The van der Waals surface area contributed by atoms with Gasteiger partial charge in [0.05, 0.1) is 12.8 Å². The number of nitrogens with one attached hydrogen (secondary N) is 1. The minimum Gasteiger partial charge on any atom is -0.496 e. The van der Waals surface area contributed by atoms with Crippen LogP contribution in [-0.4, -0.2) is 41.4 Å². The third kappa shape index (κ3) is 5.82. The molecule has 3 rings (SSSR count). The lowest BCUT2D eigenvalue weighted by Gasteiger charge is -2.07. The third-order valence-electron chi connectivity index (χ3n) is 4.32. The van der Waals surface area contributed by atoms with E-state index in [1.807, 2.05) is 74.6 Å². The molecule has 7 nitrogen and oxygen atoms in total. The van der Waals surface area contributed by atoms with Crippen LogP contribution in [0.2, 0.25) is 0 Å². The molecule has 3 aromatic rings. The number of methoxy groups -OCH3 is 1. The van der Waals surface area contributed by atoms with Crippen molar-refractivity contribution in [2.24, 2.45) is 0 Å². The lowest BCUT2D eigenvalue weighted by atomic mass is 10.1. The van der Waals surface area contributed by atoms with Crippen molar-refractivity contribution in [1.82, 2.24) is 15.1 Å². The lowest BCUT2D eigenvalue weighted by Crippen LogP contribution is -2.33. The van der Waals surface area contributed by atoms with Crippen LogP contribution in [0.1, 0.15) is 19.4 Å². The van der Waals surface area contributed by atoms with Crippen LogP contribution in [0, 0.1) is 0 Å². The molecule has 2 aromatic carbocycles. The predicted octanol–water partition coefficient (Wildman–Crippen LogP) is 3.63. The fraction of sp³-hybridized carbons (Fsp3) is 0.208. The Morgan fingerprint density at radius 3 is 2.52 bits per heavy atom. The normalized spacial score (nSPS) is 11.0. The van der Waals surface area contributed by atoms with E-state index in [1.54, 1.807) is 17.9 Å². The summed E-state index contributed by atoms with van der Waals surface area (Å²) in [5.74, 6) is -0.288. The van der Waals surface area contributed by atoms with Gasteiger partial charge in [-0.15, -0.1) is 0 Å². The summed E-state index contributed by atoms with van der Waals surface area (Å²) in [5.41, 5.74) is 3.04. The van der Waals surface area contributed by atoms with Gasteiger partial charge in [0.15, 0.2) is 6.61 Å². The van der Waals surface area contributed by atoms with Gasteiger partial charge in [0.1, 0.15) is 11.4 Å². The molecule has 7 heteroatoms. The number of benzene rings is 2. The SMILES string of the molecule is COc1ccccc1-c1nn(-c2ccccc2)cc1/C=C/C(=O)OCC(=O)NC(C)C. The summed E-state index contributed by atoms with van der Waals surface area (Å²) in [4.78, 5) is 23.8. The molecular formula is C24H25N3O4. The standard InChI is InChI=1S/C24H25N3O4/c1-17(2)25-22(28)16-31-23(29)14-13-18-15-27(19-9-5-4-6-10-19)26-24(18)20-11-7-8-12-21(20)30-3/h4-15,17H,16H2,1-3H3,(H,25,28)/b14-13+. The van der Waals surface area contributed by atoms with Crippen molar-refractivity contribution in [2.75, 3.05) is 13.7 Å². The van der Waals surface area contributed by atoms with Gasteiger partial charge in [-0.25, -0.2) is 9.48 Å². The molecule has 0 fully saturated rings. The van der Waals surface area contributed by atoms with Crippen LogP contribution in [0.4, 0.5) is 0 Å². The zero-order valence-corrected chi connectivity index (χ0v) is 17.7. The number of carbonyl (C=O) groups is 2. The van der Waals surface area contributed by atoms with E-state index in [4.69, 9.17) is 14.6 Å². The summed E-state index contributed by atoms with van der Waals surface area (Å²) in [6, 6.07) is 17.2. The van der Waals surface area contributed by atoms with E-state index in [2.05, 4.69) is 5.32 Å². The van der Waals surface area contributed by atoms with Crippen LogP contribution in [0.15, 0.2) is 66.9 Å². The Bertz CT molecular complexity index is 1070. The molecule has 0 saturated carbocycles. The molecule has 160 valence electrons. The predicted molar refractivity (Wildman–Crippen MR) is 119 cm³/mol. The molecule has 1 N–H and O–H groups in total. The molecule has 1 heterocycles. The maximum atomic E-state index is 12.1. The average molecular weight is 419 g/mol. The smallest absolute Gasteiger partial charge is 0.331 e. The first-order valence-corrected chi connectivity index (χ1v) is 9.90. The van der Waals surface area contributed by atoms with E-state index < -0.39 is 5.97 Å². The summed E-state index contributed by atoms with van der Waals surface area (Å²) in [5, 5.41) is 7.38. The number of carbonyl (C=O) groups excluding carboxylic acids is 2. The minimum atomic E-state index is -0.614. The topological polar surface area (TPSA) is 82.5 Å². The van der Waals surface area contributed by atoms with Crippen molar-refractivity contribution in [3.63, 3.8) is 0 Å². The summed E-state index contributed by atoms with van der Waals surface area (Å²) in [6.07, 6.45) is 4.73. The van der Waals surface area contributed by atoms with E-state index >= 15 is 0 Å². The van der Waals surface area contributed by atoms with Crippen LogP contribution in [0.3, 0.4) is 0 Å². The van der Waals surface area contributed by atoms with Crippen molar-refractivity contribution >= 4 is 18.0 Å². The molecule has 0 saturated heterocycles. The van der Waals surface area contributed by atoms with Crippen molar-refractivity contribution in [3.8, 4) is 22.7 Å². The highest BCUT2D eigenvalue weighted by Gasteiger charge is 2.15. The summed E-state index contributed by atoms with van der Waals surface area (Å²) in [6.45, 7) is 3.34. The molecular weight excluding hydrogens is 394 g/mol. The average Bonchev–Trinajstić information content (AvgIpc) is 3.20. The second kappa shape index (κ2) is 10.2. The number of hydrogen-bond donors (Lipinski definition) is 1. The minimum absolute atomic E-state index is 0.0195. The van der Waals surface area contributed by atoms with Crippen molar-refractivity contribution in [3.05, 3.63) is 72.4 Å². The van der Waals surface area contributed by atoms with E-state index in [0.717, 1.165) is 11.3 Å². The number of amides is 1. The highest BCUT2D eigenvalue weighted by atomic mass is 16.5. The number of nitrogens with zero attached hydrogens (tertiary/aromatic N) is 2. The van der Waals surface area contributed by atoms with Gasteiger partial charge in [0, 0.05) is 29.4 Å². The fourth-order valence-corrected chi connectivity index (χ4v) is 2.98. The first-order chi connectivity index (χ1) is 15.0. The number of esters is 1. The summed E-state index contributed by atoms with van der Waals surface area (Å²) >= 11 is 0. The van der Waals surface area contributed by atoms with Crippen LogP contribution in [-0.2, 0) is 14.3 Å². The Labute approximate surface area is 181 Å². The molecule has 1 aromatic heterocycles. The second-order valence-electron chi connectivity index (χ2n) is 7.08. The number of ether oxygens (including phenoxy) is 2. The lowest BCUT2D eigenvalue weighted by molar-refractivity contribution is -0.143. The highest BCUT2D eigenvalue weighted by molar-refractivity contribution is 5.90. The molecule has 0 atom stereocenters. The van der Waals surface area contributed by atoms with Gasteiger partial charge in [0.25, 0.3) is 5.91 Å². The molecule has 0 aliphatic carbocycles. The Morgan fingerprint density at radius 1 is 1.10 bits per heavy atom. The molecule has 1 amide bonds. The van der Waals surface area contributed by atoms with Crippen molar-refractivity contribution < 1.29 is 19.1 Å². The van der Waals surface area contributed by atoms with Crippen molar-refractivity contribution in [2.45, 2.75) is 19.9 Å². The summed E-state index contributed by atoms with van der Waals surface area (Å²) < 4.78 is 12.2. The molecule has 31 heavy (non-hydrogen) atoms. The van der Waals surface area contributed by atoms with E-state index in [9.17, 15) is 9.59 Å². The van der Waals surface area contributed by atoms with E-state index in [-0.39, 0.29) is 18.6 Å². The number of hydrogen-bond acceptors (Lipinski definition) is 5. The summed E-state index contributed by atoms with van der Waals surface area (Å²) in [7, 11) is 1.60. The first kappa shape index (κ1) is 21.8. The quantitative estimate of drug-likeness (QED) is 0.445. The second-order valence-corrected chi connectivity index (χ2v) is 7.08. The van der Waals surface area contributed by atoms with Gasteiger partial charge < -0.3 is 14.8 Å². The van der Waals surface area contributed by atoms with Gasteiger partial charge in [-0.05, 0) is 44.2 Å². The van der Waals surface area contributed by atoms with Gasteiger partial charge in [-0.2, -0.15) is 5.10 Å². The fourth-order valence-electron chi connectivity index (χ4n) is 2.98. The van der Waals surface area contributed by atoms with E-state index in [1.165, 1.54) is 6.08 Å². The largest absolute Gasteiger partial charge is 0.496 e. The van der Waals surface area contributed by atoms with Crippen LogP contribution in [0.25, 0.3) is 23.0 Å². The van der Waals surface area contributed by atoms with Crippen molar-refractivity contribution in [1.29, 1.82) is 0 Å². The molecule has 0 bridgehead atoms. The van der Waals surface area contributed by atoms with Gasteiger partial charge in [-0.1, -0.05) is 30.3 Å². The molecule has 0 radical (unpaired) electrons. The number of rotatable bonds is 8. The molecule has 0 aliphatic heterocycles. The zero-order valence-electron chi connectivity index (χ0n) is 17.7. The van der Waals surface area contributed by atoms with Crippen LogP contribution < -0.4 is 10.1 Å². The molecule has 0 spiro atoms. The third-order valence-corrected chi connectivity index (χ3v) is 4.32. The highest BCUT2D eigenvalue weighted by Crippen LogP contribution is 2.32. The van der Waals surface area contributed by atoms with Crippen LogP contribution in [0.5, 0.6) is 5.75 Å². The van der Waals surface area contributed by atoms with Crippen LogP contribution >= 0.6 is 0 Å². The Kier molecular flexibility index (Phi) is 7.22. The maximum absolute atomic E-state index is 12.1. The molecule has 0 aliphatic rings. The van der Waals surface area contributed by atoms with E-state index in [0.29, 0.717) is 17.0 Å². The monoisotopic (exact) mass is 419 g/mol. The number of aromatic nitrogens is 2. The van der Waals surface area contributed by atoms with Gasteiger partial charge in [0.2, 0.25) is 0 Å². The number of para-hydroxylation sites is 2. The van der Waals surface area contributed by atoms with Gasteiger partial charge in [-0.3, -0.25) is 4.79 Å². The maximum Gasteiger partial charge on any atom is 0.331 e. The van der Waals surface area contributed by atoms with Gasteiger partial charge >= 0.3 is 5.97 Å². The Hall–Kier alpha value is -3.87. The Morgan fingerprint density at radius 2 is 1.81 bits per heavy atom. The first-order valence-electron chi connectivity index (χ1n) is 9.90.